The molecule has 2 rings (SSSR count). The molecule has 2 heterocycles. The first-order chi connectivity index (χ1) is 7.65. The van der Waals surface area contributed by atoms with E-state index < -0.39 is 6.10 Å². The summed E-state index contributed by atoms with van der Waals surface area (Å²) in [6.45, 7) is 2.75. The van der Waals surface area contributed by atoms with Crippen molar-refractivity contribution in [2.75, 3.05) is 5.73 Å². The molecule has 0 aromatic carbocycles. The van der Waals surface area contributed by atoms with Gasteiger partial charge in [-0.1, -0.05) is 0 Å². The van der Waals surface area contributed by atoms with Crippen molar-refractivity contribution in [2.24, 2.45) is 7.05 Å². The van der Waals surface area contributed by atoms with E-state index in [1.807, 2.05) is 17.7 Å². The van der Waals surface area contributed by atoms with Gasteiger partial charge in [0.1, 0.15) is 17.7 Å². The molecule has 0 spiro atoms. The minimum atomic E-state index is -0.830. The molecule has 0 amide bonds. The topological polar surface area (TPSA) is 81.9 Å². The van der Waals surface area contributed by atoms with Crippen LogP contribution in [0.2, 0.25) is 0 Å². The van der Waals surface area contributed by atoms with E-state index in [4.69, 9.17) is 5.73 Å². The van der Waals surface area contributed by atoms with Crippen molar-refractivity contribution in [1.82, 2.24) is 19.3 Å². The van der Waals surface area contributed by atoms with Gasteiger partial charge in [-0.25, -0.2) is 4.98 Å². The van der Waals surface area contributed by atoms with Crippen LogP contribution in [0.1, 0.15) is 24.4 Å². The third-order valence-corrected chi connectivity index (χ3v) is 2.64. The maximum Gasteiger partial charge on any atom is 0.142 e. The molecule has 0 aliphatic rings. The molecule has 2 aromatic rings. The summed E-state index contributed by atoms with van der Waals surface area (Å²) in [6.07, 6.45) is 4.22. The van der Waals surface area contributed by atoms with Gasteiger partial charge in [0, 0.05) is 31.5 Å². The highest BCUT2D eigenvalue weighted by atomic mass is 16.3. The predicted octanol–water partition coefficient (Wildman–Crippen LogP) is 0.300. The van der Waals surface area contributed by atoms with Crippen molar-refractivity contribution >= 4 is 5.82 Å². The molecule has 86 valence electrons. The Morgan fingerprint density at radius 1 is 1.56 bits per heavy atom. The standard InChI is InChI=1S/C10H15N5O/c1-3-15-5-4-12-10(15)8(16)7-6-13-14(2)9(7)11/h4-6,8,16H,3,11H2,1-2H3. The molecule has 0 bridgehead atoms. The van der Waals surface area contributed by atoms with Crippen LogP contribution >= 0.6 is 0 Å². The Balaban J connectivity index is 2.39. The zero-order chi connectivity index (χ0) is 11.7. The maximum absolute atomic E-state index is 10.2. The maximum atomic E-state index is 10.2. The molecule has 0 saturated heterocycles. The minimum Gasteiger partial charge on any atom is -0.384 e. The largest absolute Gasteiger partial charge is 0.384 e. The number of nitrogens with two attached hydrogens (primary N) is 1. The van der Waals surface area contributed by atoms with Gasteiger partial charge in [0.15, 0.2) is 0 Å². The summed E-state index contributed by atoms with van der Waals surface area (Å²) in [5.41, 5.74) is 6.39. The number of rotatable bonds is 3. The number of aliphatic hydroxyl groups is 1. The van der Waals surface area contributed by atoms with E-state index in [1.54, 1.807) is 19.4 Å². The smallest absolute Gasteiger partial charge is 0.142 e. The average molecular weight is 221 g/mol. The van der Waals surface area contributed by atoms with Crippen molar-refractivity contribution in [2.45, 2.75) is 19.6 Å². The fourth-order valence-electron chi connectivity index (χ4n) is 1.65. The van der Waals surface area contributed by atoms with E-state index in [2.05, 4.69) is 10.1 Å². The van der Waals surface area contributed by atoms with Crippen LogP contribution in [0.3, 0.4) is 0 Å². The lowest BCUT2D eigenvalue weighted by atomic mass is 10.2. The van der Waals surface area contributed by atoms with Crippen LogP contribution in [0, 0.1) is 0 Å². The number of anilines is 1. The highest BCUT2D eigenvalue weighted by Crippen LogP contribution is 2.24. The van der Waals surface area contributed by atoms with Gasteiger partial charge < -0.3 is 15.4 Å². The molecule has 16 heavy (non-hydrogen) atoms. The second-order valence-electron chi connectivity index (χ2n) is 3.58. The predicted molar refractivity (Wildman–Crippen MR) is 59.6 cm³/mol. The molecule has 2 aromatic heterocycles. The van der Waals surface area contributed by atoms with Gasteiger partial charge >= 0.3 is 0 Å². The Morgan fingerprint density at radius 2 is 2.31 bits per heavy atom. The van der Waals surface area contributed by atoms with Gasteiger partial charge in [0.2, 0.25) is 0 Å². The number of hydrogen-bond acceptors (Lipinski definition) is 4. The van der Waals surface area contributed by atoms with E-state index in [0.717, 1.165) is 6.54 Å². The molecule has 0 radical (unpaired) electrons. The van der Waals surface area contributed by atoms with Crippen molar-refractivity contribution in [1.29, 1.82) is 0 Å². The molecule has 1 atom stereocenters. The molecule has 0 fully saturated rings. The lowest BCUT2D eigenvalue weighted by molar-refractivity contribution is 0.205. The third kappa shape index (κ3) is 1.57. The monoisotopic (exact) mass is 221 g/mol. The Labute approximate surface area is 93.3 Å². The van der Waals surface area contributed by atoms with E-state index in [-0.39, 0.29) is 0 Å². The van der Waals surface area contributed by atoms with Gasteiger partial charge in [0.25, 0.3) is 0 Å². The average Bonchev–Trinajstić information content (AvgIpc) is 2.86. The molecular formula is C10H15N5O. The van der Waals surface area contributed by atoms with Gasteiger partial charge in [-0.3, -0.25) is 4.68 Å². The van der Waals surface area contributed by atoms with E-state index >= 15 is 0 Å². The third-order valence-electron chi connectivity index (χ3n) is 2.64. The van der Waals surface area contributed by atoms with E-state index in [1.165, 1.54) is 4.68 Å². The quantitative estimate of drug-likeness (QED) is 0.781. The number of aryl methyl sites for hydroxylation is 2. The summed E-state index contributed by atoms with van der Waals surface area (Å²) >= 11 is 0. The minimum absolute atomic E-state index is 0.457. The van der Waals surface area contributed by atoms with E-state index in [0.29, 0.717) is 17.2 Å². The molecule has 0 aliphatic heterocycles. The molecule has 0 saturated carbocycles. The Kier molecular flexibility index (Phi) is 2.66. The molecule has 6 heteroatoms. The number of aliphatic hydroxyl groups excluding tert-OH is 1. The fraction of sp³-hybridized carbons (Fsp3) is 0.400. The van der Waals surface area contributed by atoms with Gasteiger partial charge in [-0.15, -0.1) is 0 Å². The summed E-state index contributed by atoms with van der Waals surface area (Å²) in [7, 11) is 1.73. The summed E-state index contributed by atoms with van der Waals surface area (Å²) in [4.78, 5) is 4.13. The van der Waals surface area contributed by atoms with Crippen LogP contribution in [0.15, 0.2) is 18.6 Å². The normalized spacial score (nSPS) is 12.9. The Morgan fingerprint density at radius 3 is 2.88 bits per heavy atom. The number of hydrogen-bond donors (Lipinski definition) is 2. The summed E-state index contributed by atoms with van der Waals surface area (Å²) in [6, 6.07) is 0. The van der Waals surface area contributed by atoms with Crippen LogP contribution in [0.5, 0.6) is 0 Å². The number of aromatic nitrogens is 4. The van der Waals surface area contributed by atoms with Crippen molar-refractivity contribution in [3.63, 3.8) is 0 Å². The van der Waals surface area contributed by atoms with Crippen LogP contribution in [-0.2, 0) is 13.6 Å². The number of nitrogens with zero attached hydrogens (tertiary/aromatic N) is 4. The SMILES string of the molecule is CCn1ccnc1C(O)c1cnn(C)c1N. The summed E-state index contributed by atoms with van der Waals surface area (Å²) in [5.74, 6) is 1.04. The van der Waals surface area contributed by atoms with Gasteiger partial charge in [-0.2, -0.15) is 5.10 Å². The van der Waals surface area contributed by atoms with Crippen LogP contribution in [0.4, 0.5) is 5.82 Å². The molecule has 0 aliphatic carbocycles. The fourth-order valence-corrected chi connectivity index (χ4v) is 1.65. The first-order valence-corrected chi connectivity index (χ1v) is 5.11. The molecule has 1 unspecified atom stereocenters. The summed E-state index contributed by atoms with van der Waals surface area (Å²) in [5, 5.41) is 14.2. The first kappa shape index (κ1) is 10.7. The van der Waals surface area contributed by atoms with Gasteiger partial charge in [-0.05, 0) is 6.92 Å². The van der Waals surface area contributed by atoms with Crippen LogP contribution < -0.4 is 5.73 Å². The van der Waals surface area contributed by atoms with Crippen LogP contribution in [0.25, 0.3) is 0 Å². The van der Waals surface area contributed by atoms with E-state index in [9.17, 15) is 5.11 Å². The molecule has 6 nitrogen and oxygen atoms in total. The number of nitrogen functional groups attached to an aromatic ring is 1. The summed E-state index contributed by atoms with van der Waals surface area (Å²) < 4.78 is 3.40. The lowest BCUT2D eigenvalue weighted by Gasteiger charge is -2.11. The zero-order valence-electron chi connectivity index (χ0n) is 9.33. The second kappa shape index (κ2) is 3.97. The highest BCUT2D eigenvalue weighted by Gasteiger charge is 2.20. The van der Waals surface area contributed by atoms with Crippen molar-refractivity contribution < 1.29 is 5.11 Å². The zero-order valence-corrected chi connectivity index (χ0v) is 9.33. The second-order valence-corrected chi connectivity index (χ2v) is 3.58. The van der Waals surface area contributed by atoms with Crippen LogP contribution in [-0.4, -0.2) is 24.4 Å². The molecule has 3 N–H and O–H groups in total. The van der Waals surface area contributed by atoms with Crippen molar-refractivity contribution in [3.8, 4) is 0 Å². The lowest BCUT2D eigenvalue weighted by Crippen LogP contribution is -2.10. The number of imidazole rings is 1. The first-order valence-electron chi connectivity index (χ1n) is 5.11. The Bertz CT molecular complexity index is 487. The van der Waals surface area contributed by atoms with Gasteiger partial charge in [0.05, 0.1) is 6.20 Å². The molecular weight excluding hydrogens is 206 g/mol. The van der Waals surface area contributed by atoms with Crippen molar-refractivity contribution in [3.05, 3.63) is 30.0 Å². The highest BCUT2D eigenvalue weighted by molar-refractivity contribution is 5.42. The Hall–Kier alpha value is -1.82.